The number of hydrogen-bond donors (Lipinski definition) is 0. The number of benzene rings is 2. The van der Waals surface area contributed by atoms with Gasteiger partial charge in [-0.3, -0.25) is 0 Å². The molecule has 0 saturated heterocycles. The highest BCUT2D eigenvalue weighted by atomic mass is 15.2. The van der Waals surface area contributed by atoms with Crippen molar-refractivity contribution < 1.29 is 4.57 Å². The molecule has 0 fully saturated rings. The van der Waals surface area contributed by atoms with Gasteiger partial charge >= 0.3 is 0 Å². The lowest BCUT2D eigenvalue weighted by Gasteiger charge is -2.12. The number of unbranched alkanes of at least 4 members (excludes halogenated alkanes) is 14. The van der Waals surface area contributed by atoms with E-state index in [1.807, 2.05) is 0 Å². The lowest BCUT2D eigenvalue weighted by Crippen LogP contribution is -2.37. The summed E-state index contributed by atoms with van der Waals surface area (Å²) in [4.78, 5) is 0. The minimum Gasteiger partial charge on any atom is -0.234 e. The lowest BCUT2D eigenvalue weighted by atomic mass is 9.96. The summed E-state index contributed by atoms with van der Waals surface area (Å²) < 4.78 is 5.37. The van der Waals surface area contributed by atoms with Crippen LogP contribution in [0.2, 0.25) is 0 Å². The Morgan fingerprint density at radius 1 is 0.610 bits per heavy atom. The van der Waals surface area contributed by atoms with Crippen LogP contribution in [0.5, 0.6) is 0 Å². The van der Waals surface area contributed by atoms with E-state index in [0.29, 0.717) is 5.92 Å². The van der Waals surface area contributed by atoms with Crippen molar-refractivity contribution in [3.63, 3.8) is 0 Å². The molecule has 0 aliphatic carbocycles. The minimum atomic E-state index is 0.518. The Morgan fingerprint density at radius 3 is 1.71 bits per heavy atom. The zero-order valence-electron chi connectivity index (χ0n) is 27.0. The van der Waals surface area contributed by atoms with Crippen molar-refractivity contribution in [3.05, 3.63) is 89.5 Å². The van der Waals surface area contributed by atoms with Crippen LogP contribution in [0, 0.1) is 0 Å². The molecule has 2 aromatic carbocycles. The fourth-order valence-corrected chi connectivity index (χ4v) is 6.28. The van der Waals surface area contributed by atoms with Gasteiger partial charge in [0.15, 0.2) is 0 Å². The molecular formula is C39H61N2+. The van der Waals surface area contributed by atoms with E-state index in [0.717, 1.165) is 25.9 Å². The van der Waals surface area contributed by atoms with Gasteiger partial charge in [-0.15, -0.1) is 0 Å². The van der Waals surface area contributed by atoms with Gasteiger partial charge in [-0.25, -0.2) is 9.13 Å². The molecule has 0 spiro atoms. The summed E-state index contributed by atoms with van der Waals surface area (Å²) in [7, 11) is 0. The zero-order valence-corrected chi connectivity index (χ0v) is 27.0. The molecule has 0 aliphatic rings. The molecule has 41 heavy (non-hydrogen) atoms. The maximum Gasteiger partial charge on any atom is 0.261 e. The molecule has 226 valence electrons. The lowest BCUT2D eigenvalue weighted by molar-refractivity contribution is -0.704. The number of rotatable bonds is 23. The maximum atomic E-state index is 2.73. The number of aryl methyl sites for hydroxylation is 1. The van der Waals surface area contributed by atoms with Crippen LogP contribution in [-0.2, 0) is 25.9 Å². The molecule has 0 radical (unpaired) electrons. The van der Waals surface area contributed by atoms with Gasteiger partial charge in [-0.2, -0.15) is 0 Å². The molecule has 1 heterocycles. The highest BCUT2D eigenvalue weighted by Crippen LogP contribution is 2.23. The summed E-state index contributed by atoms with van der Waals surface area (Å²) in [5, 5.41) is 0. The van der Waals surface area contributed by atoms with E-state index in [4.69, 9.17) is 0 Å². The Morgan fingerprint density at radius 2 is 1.12 bits per heavy atom. The van der Waals surface area contributed by atoms with Crippen molar-refractivity contribution in [2.24, 2.45) is 0 Å². The molecule has 0 bridgehead atoms. The molecule has 1 aromatic heterocycles. The second-order valence-corrected chi connectivity index (χ2v) is 12.5. The molecule has 2 nitrogen and oxygen atoms in total. The minimum absolute atomic E-state index is 0.518. The fourth-order valence-electron chi connectivity index (χ4n) is 6.28. The van der Waals surface area contributed by atoms with Gasteiger partial charge in [0.1, 0.15) is 11.9 Å². The van der Waals surface area contributed by atoms with Crippen LogP contribution < -0.4 is 4.57 Å². The van der Waals surface area contributed by atoms with Gasteiger partial charge in [0.2, 0.25) is 0 Å². The average Bonchev–Trinajstić information content (AvgIpc) is 3.31. The molecule has 3 aromatic rings. The molecule has 1 unspecified atom stereocenters. The third-order valence-electron chi connectivity index (χ3n) is 8.87. The summed E-state index contributed by atoms with van der Waals surface area (Å²) >= 11 is 0. The predicted molar refractivity (Wildman–Crippen MR) is 178 cm³/mol. The summed E-state index contributed by atoms with van der Waals surface area (Å²) in [6, 6.07) is 22.3. The molecule has 1 atom stereocenters. The van der Waals surface area contributed by atoms with Gasteiger partial charge in [-0.1, -0.05) is 158 Å². The molecular weight excluding hydrogens is 496 g/mol. The van der Waals surface area contributed by atoms with Crippen molar-refractivity contribution in [1.29, 1.82) is 0 Å². The maximum absolute atomic E-state index is 2.73. The average molecular weight is 558 g/mol. The number of nitrogens with zero attached hydrogens (tertiary/aromatic N) is 2. The SMILES string of the molecule is CCCCCCCCCCCCn1c(CC(C)c2ccccc2)c[n+](CCCCCCCC)c1Cc1ccccc1. The van der Waals surface area contributed by atoms with Gasteiger partial charge < -0.3 is 0 Å². The van der Waals surface area contributed by atoms with Crippen LogP contribution in [0.15, 0.2) is 66.9 Å². The van der Waals surface area contributed by atoms with Crippen LogP contribution in [0.3, 0.4) is 0 Å². The Bertz CT molecular complexity index is 1040. The van der Waals surface area contributed by atoms with Crippen molar-refractivity contribution in [2.45, 2.75) is 155 Å². The summed E-state index contributed by atoms with van der Waals surface area (Å²) in [5.41, 5.74) is 4.40. The van der Waals surface area contributed by atoms with Gasteiger partial charge in [0.25, 0.3) is 5.82 Å². The third-order valence-corrected chi connectivity index (χ3v) is 8.87. The first kappa shape index (κ1) is 33.2. The van der Waals surface area contributed by atoms with E-state index in [1.165, 1.54) is 125 Å². The fraction of sp³-hybridized carbons (Fsp3) is 0.615. The second-order valence-electron chi connectivity index (χ2n) is 12.5. The Balaban J connectivity index is 1.71. The first-order valence-corrected chi connectivity index (χ1v) is 17.4. The van der Waals surface area contributed by atoms with E-state index in [9.17, 15) is 0 Å². The Hall–Kier alpha value is -2.35. The number of hydrogen-bond acceptors (Lipinski definition) is 0. The van der Waals surface area contributed by atoms with Crippen LogP contribution >= 0.6 is 0 Å². The topological polar surface area (TPSA) is 8.81 Å². The van der Waals surface area contributed by atoms with Gasteiger partial charge in [-0.05, 0) is 42.7 Å². The molecule has 0 saturated carbocycles. The quantitative estimate of drug-likeness (QED) is 0.0810. The van der Waals surface area contributed by atoms with E-state index >= 15 is 0 Å². The van der Waals surface area contributed by atoms with E-state index in [1.54, 1.807) is 0 Å². The van der Waals surface area contributed by atoms with Crippen LogP contribution in [0.4, 0.5) is 0 Å². The number of imidazole rings is 1. The second kappa shape index (κ2) is 20.5. The highest BCUT2D eigenvalue weighted by molar-refractivity contribution is 5.22. The van der Waals surface area contributed by atoms with Crippen LogP contribution in [0.25, 0.3) is 0 Å². The summed E-state index contributed by atoms with van der Waals surface area (Å²) in [5.74, 6) is 2.03. The molecule has 0 amide bonds. The Kier molecular flexibility index (Phi) is 16.6. The van der Waals surface area contributed by atoms with Crippen molar-refractivity contribution in [3.8, 4) is 0 Å². The zero-order chi connectivity index (χ0) is 29.0. The molecule has 2 heteroatoms. The van der Waals surface area contributed by atoms with Gasteiger partial charge in [0, 0.05) is 6.42 Å². The largest absolute Gasteiger partial charge is 0.261 e. The molecule has 0 N–H and O–H groups in total. The first-order valence-electron chi connectivity index (χ1n) is 17.4. The first-order chi connectivity index (χ1) is 20.2. The standard InChI is InChI=1S/C39H61N2/c1-4-6-8-10-12-13-14-15-17-25-31-41-38(32-35(3)37-28-22-19-23-29-37)34-40(30-24-16-11-9-7-5-2)39(41)33-36-26-20-18-21-27-36/h18-23,26-29,34-35H,4-17,24-25,30-33H2,1-3H3/q+1. The van der Waals surface area contributed by atoms with Crippen molar-refractivity contribution in [2.75, 3.05) is 0 Å². The van der Waals surface area contributed by atoms with Crippen LogP contribution in [0.1, 0.15) is 152 Å². The summed E-state index contributed by atoms with van der Waals surface area (Å²) in [6.45, 7) is 9.31. The third kappa shape index (κ3) is 12.6. The molecule has 3 rings (SSSR count). The van der Waals surface area contributed by atoms with E-state index in [2.05, 4.69) is 96.8 Å². The predicted octanol–water partition coefficient (Wildman–Crippen LogP) is 11.0. The summed E-state index contributed by atoms with van der Waals surface area (Å²) in [6.07, 6.45) is 26.6. The normalized spacial score (nSPS) is 12.2. The van der Waals surface area contributed by atoms with E-state index in [-0.39, 0.29) is 0 Å². The van der Waals surface area contributed by atoms with Crippen molar-refractivity contribution >= 4 is 0 Å². The van der Waals surface area contributed by atoms with Crippen molar-refractivity contribution in [1.82, 2.24) is 4.57 Å². The van der Waals surface area contributed by atoms with E-state index < -0.39 is 0 Å². The smallest absolute Gasteiger partial charge is 0.234 e. The monoisotopic (exact) mass is 557 g/mol. The highest BCUT2D eigenvalue weighted by Gasteiger charge is 2.25. The van der Waals surface area contributed by atoms with Gasteiger partial charge in [0.05, 0.1) is 19.5 Å². The number of aromatic nitrogens is 2. The Labute approximate surface area is 253 Å². The molecule has 0 aliphatic heterocycles. The van der Waals surface area contributed by atoms with Crippen LogP contribution in [-0.4, -0.2) is 4.57 Å².